The molecule has 5 heteroatoms. The molecule has 0 radical (unpaired) electrons. The Bertz CT molecular complexity index is 585. The minimum Gasteiger partial charge on any atom is -0.370 e. The molecule has 19 heavy (non-hydrogen) atoms. The molecule has 1 aromatic heterocycles. The van der Waals surface area contributed by atoms with Gasteiger partial charge in [-0.2, -0.15) is 11.8 Å². The molecule has 0 spiro atoms. The molecule has 3 nitrogen and oxygen atoms in total. The van der Waals surface area contributed by atoms with Crippen LogP contribution in [0.3, 0.4) is 0 Å². The van der Waals surface area contributed by atoms with Gasteiger partial charge in [-0.25, -0.2) is 4.99 Å². The summed E-state index contributed by atoms with van der Waals surface area (Å²) < 4.78 is 1.33. The molecule has 2 aromatic rings. The highest BCUT2D eigenvalue weighted by molar-refractivity contribution is 7.99. The molecule has 0 bridgehead atoms. The summed E-state index contributed by atoms with van der Waals surface area (Å²) in [5.74, 6) is 2.99. The molecule has 2 N–H and O–H groups in total. The Hall–Kier alpha value is -1.20. The van der Waals surface area contributed by atoms with E-state index in [-0.39, 0.29) is 0 Å². The highest BCUT2D eigenvalue weighted by Crippen LogP contribution is 2.22. The molecule has 0 unspecified atom stereocenters. The van der Waals surface area contributed by atoms with Gasteiger partial charge in [-0.15, -0.1) is 11.3 Å². The summed E-state index contributed by atoms with van der Waals surface area (Å²) in [5, 5.41) is 3.42. The average Bonchev–Trinajstić information content (AvgIpc) is 2.93. The van der Waals surface area contributed by atoms with Crippen molar-refractivity contribution in [2.24, 2.45) is 10.7 Å². The molecule has 3 rings (SSSR count). The minimum atomic E-state index is 0.668. The van der Waals surface area contributed by atoms with Crippen molar-refractivity contribution in [1.82, 2.24) is 4.90 Å². The van der Waals surface area contributed by atoms with E-state index in [1.54, 1.807) is 11.3 Å². The van der Waals surface area contributed by atoms with Crippen LogP contribution in [0.25, 0.3) is 10.1 Å². The van der Waals surface area contributed by atoms with Crippen LogP contribution in [-0.2, 0) is 6.54 Å². The van der Waals surface area contributed by atoms with Crippen LogP contribution in [0.1, 0.15) is 5.56 Å². The molecule has 1 fully saturated rings. The van der Waals surface area contributed by atoms with Crippen molar-refractivity contribution in [2.75, 3.05) is 24.6 Å². The lowest BCUT2D eigenvalue weighted by Crippen LogP contribution is -2.42. The number of hydrogen-bond donors (Lipinski definition) is 1. The molecule has 1 aliphatic heterocycles. The zero-order chi connectivity index (χ0) is 13.1. The highest BCUT2D eigenvalue weighted by atomic mass is 32.2. The smallest absolute Gasteiger partial charge is 0.191 e. The van der Waals surface area contributed by atoms with E-state index < -0.39 is 0 Å². The zero-order valence-corrected chi connectivity index (χ0v) is 12.3. The number of guanidine groups is 1. The third kappa shape index (κ3) is 3.04. The zero-order valence-electron chi connectivity index (χ0n) is 10.7. The second-order valence-corrected chi connectivity index (χ2v) is 6.74. The molecule has 1 aromatic carbocycles. The predicted molar refractivity (Wildman–Crippen MR) is 86.0 cm³/mol. The van der Waals surface area contributed by atoms with Crippen LogP contribution >= 0.6 is 23.1 Å². The van der Waals surface area contributed by atoms with Gasteiger partial charge in [-0.3, -0.25) is 0 Å². The van der Waals surface area contributed by atoms with Gasteiger partial charge in [0.1, 0.15) is 0 Å². The Kier molecular flexibility index (Phi) is 3.94. The largest absolute Gasteiger partial charge is 0.370 e. The SMILES string of the molecule is NC(=NCc1ccc2sccc2c1)N1CCSCC1. The van der Waals surface area contributed by atoms with E-state index in [1.165, 1.54) is 15.6 Å². The molecule has 0 aliphatic carbocycles. The third-order valence-electron chi connectivity index (χ3n) is 3.28. The van der Waals surface area contributed by atoms with E-state index in [1.807, 2.05) is 11.8 Å². The van der Waals surface area contributed by atoms with E-state index >= 15 is 0 Å². The van der Waals surface area contributed by atoms with Crippen molar-refractivity contribution in [3.05, 3.63) is 35.2 Å². The Morgan fingerprint density at radius 3 is 2.95 bits per heavy atom. The fourth-order valence-electron chi connectivity index (χ4n) is 2.18. The number of benzene rings is 1. The van der Waals surface area contributed by atoms with E-state index in [2.05, 4.69) is 39.5 Å². The Morgan fingerprint density at radius 1 is 1.26 bits per heavy atom. The van der Waals surface area contributed by atoms with Crippen molar-refractivity contribution in [1.29, 1.82) is 0 Å². The summed E-state index contributed by atoms with van der Waals surface area (Å²) in [6.45, 7) is 2.70. The number of rotatable bonds is 2. The van der Waals surface area contributed by atoms with Gasteiger partial charge in [0.15, 0.2) is 5.96 Å². The topological polar surface area (TPSA) is 41.6 Å². The number of nitrogens with two attached hydrogens (primary N) is 1. The van der Waals surface area contributed by atoms with Crippen molar-refractivity contribution < 1.29 is 0 Å². The lowest BCUT2D eigenvalue weighted by atomic mass is 10.2. The van der Waals surface area contributed by atoms with Crippen molar-refractivity contribution in [3.8, 4) is 0 Å². The first kappa shape index (κ1) is 12.8. The van der Waals surface area contributed by atoms with E-state index in [0.717, 1.165) is 24.6 Å². The number of thiophene rings is 1. The van der Waals surface area contributed by atoms with Gasteiger partial charge in [-0.1, -0.05) is 6.07 Å². The first-order chi connectivity index (χ1) is 9.33. The maximum atomic E-state index is 6.06. The Balaban J connectivity index is 1.69. The number of thioether (sulfide) groups is 1. The third-order valence-corrected chi connectivity index (χ3v) is 5.12. The van der Waals surface area contributed by atoms with Gasteiger partial charge in [0.25, 0.3) is 0 Å². The normalized spacial score (nSPS) is 17.1. The molecule has 0 saturated carbocycles. The predicted octanol–water partition coefficient (Wildman–Crippen LogP) is 2.76. The second kappa shape index (κ2) is 5.84. The number of hydrogen-bond acceptors (Lipinski definition) is 3. The monoisotopic (exact) mass is 291 g/mol. The van der Waals surface area contributed by atoms with Crippen molar-refractivity contribution >= 4 is 39.1 Å². The van der Waals surface area contributed by atoms with E-state index in [0.29, 0.717) is 12.5 Å². The van der Waals surface area contributed by atoms with Crippen LogP contribution in [0.2, 0.25) is 0 Å². The maximum absolute atomic E-state index is 6.06. The van der Waals surface area contributed by atoms with Gasteiger partial charge < -0.3 is 10.6 Å². The summed E-state index contributed by atoms with van der Waals surface area (Å²) in [5.41, 5.74) is 7.28. The van der Waals surface area contributed by atoms with E-state index in [9.17, 15) is 0 Å². The number of nitrogens with zero attached hydrogens (tertiary/aromatic N) is 2. The quantitative estimate of drug-likeness (QED) is 0.683. The van der Waals surface area contributed by atoms with Crippen molar-refractivity contribution in [3.63, 3.8) is 0 Å². The van der Waals surface area contributed by atoms with Crippen LogP contribution < -0.4 is 5.73 Å². The molecular weight excluding hydrogens is 274 g/mol. The first-order valence-corrected chi connectivity index (χ1v) is 8.45. The van der Waals surface area contributed by atoms with Gasteiger partial charge in [0.05, 0.1) is 6.54 Å². The fourth-order valence-corrected chi connectivity index (χ4v) is 3.85. The number of fused-ring (bicyclic) bond motifs is 1. The fraction of sp³-hybridized carbons (Fsp3) is 0.357. The summed E-state index contributed by atoms with van der Waals surface area (Å²) in [4.78, 5) is 6.70. The van der Waals surface area contributed by atoms with Crippen LogP contribution in [0.5, 0.6) is 0 Å². The highest BCUT2D eigenvalue weighted by Gasteiger charge is 2.11. The van der Waals surface area contributed by atoms with Gasteiger partial charge in [0.2, 0.25) is 0 Å². The van der Waals surface area contributed by atoms with Crippen LogP contribution in [0.15, 0.2) is 34.6 Å². The summed E-state index contributed by atoms with van der Waals surface area (Å²) in [7, 11) is 0. The second-order valence-electron chi connectivity index (χ2n) is 4.57. The molecule has 0 amide bonds. The molecular formula is C14H17N3S2. The molecule has 1 saturated heterocycles. The van der Waals surface area contributed by atoms with Gasteiger partial charge in [0, 0.05) is 29.3 Å². The summed E-state index contributed by atoms with van der Waals surface area (Å²) in [6.07, 6.45) is 0. The lowest BCUT2D eigenvalue weighted by Gasteiger charge is -2.27. The summed E-state index contributed by atoms with van der Waals surface area (Å²) >= 11 is 3.75. The Morgan fingerprint density at radius 2 is 2.11 bits per heavy atom. The summed E-state index contributed by atoms with van der Waals surface area (Å²) in [6, 6.07) is 8.66. The van der Waals surface area contributed by atoms with Crippen LogP contribution in [0, 0.1) is 0 Å². The molecule has 100 valence electrons. The molecule has 1 aliphatic rings. The van der Waals surface area contributed by atoms with Crippen molar-refractivity contribution in [2.45, 2.75) is 6.54 Å². The van der Waals surface area contributed by atoms with Gasteiger partial charge in [-0.05, 0) is 34.5 Å². The average molecular weight is 291 g/mol. The minimum absolute atomic E-state index is 0.668. The van der Waals surface area contributed by atoms with Crippen LogP contribution in [0.4, 0.5) is 0 Å². The standard InChI is InChI=1S/C14H17N3S2/c15-14(17-4-7-18-8-5-17)16-10-11-1-2-13-12(9-11)3-6-19-13/h1-3,6,9H,4-5,7-8,10H2,(H2,15,16). The maximum Gasteiger partial charge on any atom is 0.191 e. The molecule has 0 atom stereocenters. The molecule has 2 heterocycles. The Labute approximate surface area is 121 Å². The van der Waals surface area contributed by atoms with Gasteiger partial charge >= 0.3 is 0 Å². The lowest BCUT2D eigenvalue weighted by molar-refractivity contribution is 0.455. The van der Waals surface area contributed by atoms with E-state index in [4.69, 9.17) is 5.73 Å². The van der Waals surface area contributed by atoms with Crippen LogP contribution in [-0.4, -0.2) is 35.5 Å². The first-order valence-electron chi connectivity index (χ1n) is 6.42. The number of aliphatic imine (C=N–C) groups is 1.